The first-order valence-corrected chi connectivity index (χ1v) is 10.2. The molecular weight excluding hydrogens is 366 g/mol. The Morgan fingerprint density at radius 3 is 2.38 bits per heavy atom. The van der Waals surface area contributed by atoms with Gasteiger partial charge < -0.3 is 19.7 Å². The molecule has 3 rings (SSSR count). The maximum atomic E-state index is 12.2. The van der Waals surface area contributed by atoms with Crippen molar-refractivity contribution in [2.45, 2.75) is 12.8 Å². The number of carbonyl (C=O) groups excluding carboxylic acids is 1. The van der Waals surface area contributed by atoms with Crippen LogP contribution in [0, 0.1) is 0 Å². The lowest BCUT2D eigenvalue weighted by atomic mass is 10.1. The van der Waals surface area contributed by atoms with Gasteiger partial charge in [-0.3, -0.25) is 9.69 Å². The summed E-state index contributed by atoms with van der Waals surface area (Å²) < 4.78 is 10.6. The van der Waals surface area contributed by atoms with Crippen molar-refractivity contribution in [3.05, 3.63) is 54.1 Å². The molecule has 0 bridgehead atoms. The van der Waals surface area contributed by atoms with Gasteiger partial charge in [-0.1, -0.05) is 24.3 Å². The molecule has 1 N–H and O–H groups in total. The van der Waals surface area contributed by atoms with Crippen LogP contribution in [0.1, 0.15) is 12.0 Å². The van der Waals surface area contributed by atoms with Crippen LogP contribution in [0.4, 0.5) is 5.69 Å². The van der Waals surface area contributed by atoms with Crippen LogP contribution >= 0.6 is 0 Å². The van der Waals surface area contributed by atoms with Crippen LogP contribution < -0.4 is 19.7 Å². The van der Waals surface area contributed by atoms with E-state index in [9.17, 15) is 4.79 Å². The van der Waals surface area contributed by atoms with Crippen LogP contribution in [0.2, 0.25) is 0 Å². The number of carbonyl (C=O) groups is 1. The first kappa shape index (κ1) is 21.0. The van der Waals surface area contributed by atoms with Gasteiger partial charge in [-0.2, -0.15) is 0 Å². The number of ether oxygens (including phenoxy) is 2. The van der Waals surface area contributed by atoms with E-state index in [2.05, 4.69) is 21.2 Å². The Morgan fingerprint density at radius 2 is 1.69 bits per heavy atom. The van der Waals surface area contributed by atoms with Crippen LogP contribution in [-0.4, -0.2) is 64.3 Å². The van der Waals surface area contributed by atoms with Gasteiger partial charge in [0.15, 0.2) is 0 Å². The number of amides is 1. The number of piperazine rings is 1. The van der Waals surface area contributed by atoms with Gasteiger partial charge in [-0.15, -0.1) is 0 Å². The summed E-state index contributed by atoms with van der Waals surface area (Å²) in [5.41, 5.74) is 2.34. The third kappa shape index (κ3) is 6.12. The number of para-hydroxylation sites is 2. The lowest BCUT2D eigenvalue weighted by Gasteiger charge is -2.36. The van der Waals surface area contributed by atoms with E-state index in [0.29, 0.717) is 13.0 Å². The Bertz CT molecular complexity index is 771. The molecule has 0 spiro atoms. The summed E-state index contributed by atoms with van der Waals surface area (Å²) in [4.78, 5) is 16.9. The maximum Gasteiger partial charge on any atom is 0.221 e. The number of methoxy groups -OCH3 is 2. The van der Waals surface area contributed by atoms with Gasteiger partial charge in [-0.25, -0.2) is 0 Å². The van der Waals surface area contributed by atoms with E-state index in [0.717, 1.165) is 56.3 Å². The fraction of sp³-hybridized carbons (Fsp3) is 0.435. The van der Waals surface area contributed by atoms with Gasteiger partial charge >= 0.3 is 0 Å². The van der Waals surface area contributed by atoms with Gasteiger partial charge in [0.05, 0.1) is 19.9 Å². The highest BCUT2D eigenvalue weighted by molar-refractivity contribution is 5.76. The van der Waals surface area contributed by atoms with Crippen molar-refractivity contribution in [1.29, 1.82) is 0 Å². The highest BCUT2D eigenvalue weighted by atomic mass is 16.5. The van der Waals surface area contributed by atoms with Gasteiger partial charge in [0.2, 0.25) is 5.91 Å². The molecule has 1 saturated heterocycles. The van der Waals surface area contributed by atoms with Crippen molar-refractivity contribution in [3.63, 3.8) is 0 Å². The minimum Gasteiger partial charge on any atom is -0.497 e. The van der Waals surface area contributed by atoms with Crippen LogP contribution in [-0.2, 0) is 11.2 Å². The molecule has 1 fully saturated rings. The smallest absolute Gasteiger partial charge is 0.221 e. The summed E-state index contributed by atoms with van der Waals surface area (Å²) in [5, 5.41) is 3.03. The van der Waals surface area contributed by atoms with E-state index < -0.39 is 0 Å². The summed E-state index contributed by atoms with van der Waals surface area (Å²) >= 11 is 0. The summed E-state index contributed by atoms with van der Waals surface area (Å²) in [6, 6.07) is 16.1. The maximum absolute atomic E-state index is 12.2. The second-order valence-corrected chi connectivity index (χ2v) is 7.20. The van der Waals surface area contributed by atoms with E-state index in [1.54, 1.807) is 14.2 Å². The summed E-state index contributed by atoms with van der Waals surface area (Å²) in [7, 11) is 3.37. The third-order valence-corrected chi connectivity index (χ3v) is 5.35. The average molecular weight is 398 g/mol. The van der Waals surface area contributed by atoms with Crippen LogP contribution in [0.3, 0.4) is 0 Å². The number of hydrogen-bond donors (Lipinski definition) is 1. The lowest BCUT2D eigenvalue weighted by Crippen LogP contribution is -2.47. The lowest BCUT2D eigenvalue weighted by molar-refractivity contribution is -0.121. The van der Waals surface area contributed by atoms with Crippen molar-refractivity contribution >= 4 is 11.6 Å². The van der Waals surface area contributed by atoms with E-state index in [1.165, 1.54) is 5.56 Å². The standard InChI is InChI=1S/C23H31N3O3/c1-28-20-9-7-19(8-10-20)11-13-24-23(27)12-14-25-15-17-26(18-16-25)21-5-3-4-6-22(21)29-2/h3-10H,11-18H2,1-2H3,(H,24,27). The Kier molecular flexibility index (Phi) is 7.76. The molecule has 1 heterocycles. The molecule has 0 unspecified atom stereocenters. The number of nitrogens with zero attached hydrogens (tertiary/aromatic N) is 2. The van der Waals surface area contributed by atoms with E-state index >= 15 is 0 Å². The molecule has 0 atom stereocenters. The van der Waals surface area contributed by atoms with E-state index in [1.807, 2.05) is 42.5 Å². The molecule has 2 aromatic carbocycles. The number of anilines is 1. The molecule has 0 saturated carbocycles. The molecule has 6 nitrogen and oxygen atoms in total. The Hall–Kier alpha value is -2.73. The molecule has 6 heteroatoms. The summed E-state index contributed by atoms with van der Waals surface area (Å²) in [5.74, 6) is 1.88. The molecule has 1 aliphatic heterocycles. The van der Waals surface area contributed by atoms with Crippen LogP contribution in [0.25, 0.3) is 0 Å². The zero-order valence-corrected chi connectivity index (χ0v) is 17.4. The molecule has 1 aliphatic rings. The monoisotopic (exact) mass is 397 g/mol. The highest BCUT2D eigenvalue weighted by Crippen LogP contribution is 2.28. The SMILES string of the molecule is COc1ccc(CCNC(=O)CCN2CCN(c3ccccc3OC)CC2)cc1. The predicted octanol–water partition coefficient (Wildman–Crippen LogP) is 2.57. The third-order valence-electron chi connectivity index (χ3n) is 5.35. The van der Waals surface area contributed by atoms with Crippen LogP contribution in [0.5, 0.6) is 11.5 Å². The van der Waals surface area contributed by atoms with Crippen LogP contribution in [0.15, 0.2) is 48.5 Å². The van der Waals surface area contributed by atoms with Crippen molar-refractivity contribution in [1.82, 2.24) is 10.2 Å². The molecule has 0 radical (unpaired) electrons. The Balaban J connectivity index is 1.34. The molecule has 2 aromatic rings. The zero-order valence-electron chi connectivity index (χ0n) is 17.4. The minimum atomic E-state index is 0.116. The summed E-state index contributed by atoms with van der Waals surface area (Å²) in [6.07, 6.45) is 1.37. The average Bonchev–Trinajstić information content (AvgIpc) is 2.78. The molecular formula is C23H31N3O3. The fourth-order valence-corrected chi connectivity index (χ4v) is 3.59. The van der Waals surface area contributed by atoms with Gasteiger partial charge in [0.1, 0.15) is 11.5 Å². The van der Waals surface area contributed by atoms with Crippen molar-refractivity contribution in [3.8, 4) is 11.5 Å². The summed E-state index contributed by atoms with van der Waals surface area (Å²) in [6.45, 7) is 5.26. The van der Waals surface area contributed by atoms with Gasteiger partial charge in [-0.05, 0) is 36.2 Å². The molecule has 156 valence electrons. The van der Waals surface area contributed by atoms with Gasteiger partial charge in [0, 0.05) is 45.7 Å². The number of hydrogen-bond acceptors (Lipinski definition) is 5. The largest absolute Gasteiger partial charge is 0.497 e. The Labute approximate surface area is 173 Å². The fourth-order valence-electron chi connectivity index (χ4n) is 3.59. The highest BCUT2D eigenvalue weighted by Gasteiger charge is 2.19. The predicted molar refractivity (Wildman–Crippen MR) is 116 cm³/mol. The van der Waals surface area contributed by atoms with E-state index in [4.69, 9.17) is 9.47 Å². The second-order valence-electron chi connectivity index (χ2n) is 7.20. The number of rotatable bonds is 9. The quantitative estimate of drug-likeness (QED) is 0.705. The first-order valence-electron chi connectivity index (χ1n) is 10.2. The van der Waals surface area contributed by atoms with Crippen molar-refractivity contribution in [2.24, 2.45) is 0 Å². The first-order chi connectivity index (χ1) is 14.2. The normalized spacial score (nSPS) is 14.5. The minimum absolute atomic E-state index is 0.116. The molecule has 0 aromatic heterocycles. The molecule has 1 amide bonds. The second kappa shape index (κ2) is 10.7. The number of nitrogens with one attached hydrogen (secondary N) is 1. The topological polar surface area (TPSA) is 54.0 Å². The number of benzene rings is 2. The molecule has 29 heavy (non-hydrogen) atoms. The van der Waals surface area contributed by atoms with Crippen molar-refractivity contribution < 1.29 is 14.3 Å². The Morgan fingerprint density at radius 1 is 0.966 bits per heavy atom. The van der Waals surface area contributed by atoms with Gasteiger partial charge in [0.25, 0.3) is 0 Å². The molecule has 0 aliphatic carbocycles. The zero-order chi connectivity index (χ0) is 20.5. The van der Waals surface area contributed by atoms with E-state index in [-0.39, 0.29) is 5.91 Å². The van der Waals surface area contributed by atoms with Crippen molar-refractivity contribution in [2.75, 3.05) is 58.4 Å².